The van der Waals surface area contributed by atoms with Gasteiger partial charge >= 0.3 is 5.97 Å². The number of carbonyl (C=O) groups is 1. The molecule has 0 spiro atoms. The van der Waals surface area contributed by atoms with Crippen LogP contribution in [0.3, 0.4) is 0 Å². The molecule has 0 aromatic rings. The Morgan fingerprint density at radius 1 is 1.42 bits per heavy atom. The van der Waals surface area contributed by atoms with E-state index in [2.05, 4.69) is 32.9 Å². The Balaban J connectivity index is 1.76. The molecule has 3 atom stereocenters. The van der Waals surface area contributed by atoms with Crippen molar-refractivity contribution in [3.05, 3.63) is 23.3 Å². The molecule has 136 valence electrons. The lowest BCUT2D eigenvalue weighted by Gasteiger charge is -2.27. The molecule has 24 heavy (non-hydrogen) atoms. The molecule has 1 fully saturated rings. The fourth-order valence-electron chi connectivity index (χ4n) is 3.48. The predicted octanol–water partition coefficient (Wildman–Crippen LogP) is 4.19. The van der Waals surface area contributed by atoms with Crippen molar-refractivity contribution in [3.63, 3.8) is 0 Å². The van der Waals surface area contributed by atoms with E-state index < -0.39 is 0 Å². The molecule has 2 rings (SSSR count). The molecule has 4 nitrogen and oxygen atoms in total. The highest BCUT2D eigenvalue weighted by molar-refractivity contribution is 5.73. The van der Waals surface area contributed by atoms with E-state index in [0.717, 1.165) is 38.5 Å². The number of rotatable bonds is 8. The highest BCUT2D eigenvalue weighted by Gasteiger charge is 2.46. The standard InChI is InChI=1S/C20H32O4/c1-14(9-12-18-20(2,3)24-18)7-6-8-15-10-11-16(19(21)23-5)17(13-15)22-4/h7,13,16-18H,6,8-12H2,1-5H3/b14-7+/t16-,17+,18?/m0/s1. The fourth-order valence-corrected chi connectivity index (χ4v) is 3.48. The van der Waals surface area contributed by atoms with Crippen LogP contribution in [-0.2, 0) is 19.0 Å². The van der Waals surface area contributed by atoms with Gasteiger partial charge in [-0.3, -0.25) is 4.79 Å². The Morgan fingerprint density at radius 2 is 2.12 bits per heavy atom. The lowest BCUT2D eigenvalue weighted by atomic mass is 9.85. The number of methoxy groups -OCH3 is 2. The average molecular weight is 336 g/mol. The third-order valence-electron chi connectivity index (χ3n) is 5.27. The van der Waals surface area contributed by atoms with Crippen molar-refractivity contribution >= 4 is 5.97 Å². The predicted molar refractivity (Wildman–Crippen MR) is 94.8 cm³/mol. The van der Waals surface area contributed by atoms with Crippen LogP contribution in [0, 0.1) is 5.92 Å². The first-order valence-corrected chi connectivity index (χ1v) is 9.01. The van der Waals surface area contributed by atoms with Gasteiger partial charge in [0, 0.05) is 7.11 Å². The van der Waals surface area contributed by atoms with Crippen molar-refractivity contribution in [1.82, 2.24) is 0 Å². The van der Waals surface area contributed by atoms with E-state index in [0.29, 0.717) is 6.10 Å². The average Bonchev–Trinajstić information content (AvgIpc) is 3.19. The van der Waals surface area contributed by atoms with Gasteiger partial charge in [-0.2, -0.15) is 0 Å². The summed E-state index contributed by atoms with van der Waals surface area (Å²) >= 11 is 0. The molecule has 2 aliphatic rings. The van der Waals surface area contributed by atoms with Gasteiger partial charge in [-0.25, -0.2) is 0 Å². The minimum absolute atomic E-state index is 0.0958. The zero-order valence-corrected chi connectivity index (χ0v) is 15.8. The first-order chi connectivity index (χ1) is 11.4. The van der Waals surface area contributed by atoms with Gasteiger partial charge in [0.05, 0.1) is 30.8 Å². The second-order valence-electron chi connectivity index (χ2n) is 7.53. The van der Waals surface area contributed by atoms with Gasteiger partial charge in [0.2, 0.25) is 0 Å². The molecular weight excluding hydrogens is 304 g/mol. The van der Waals surface area contributed by atoms with E-state index in [-0.39, 0.29) is 23.6 Å². The smallest absolute Gasteiger partial charge is 0.311 e. The zero-order chi connectivity index (χ0) is 17.7. The summed E-state index contributed by atoms with van der Waals surface area (Å²) in [6, 6.07) is 0. The van der Waals surface area contributed by atoms with Crippen molar-refractivity contribution < 1.29 is 19.0 Å². The summed E-state index contributed by atoms with van der Waals surface area (Å²) in [6.07, 6.45) is 10.8. The topological polar surface area (TPSA) is 48.1 Å². The number of ether oxygens (including phenoxy) is 3. The van der Waals surface area contributed by atoms with E-state index in [1.807, 2.05) is 0 Å². The quantitative estimate of drug-likeness (QED) is 0.379. The molecule has 1 aliphatic heterocycles. The summed E-state index contributed by atoms with van der Waals surface area (Å²) in [6.45, 7) is 6.51. The van der Waals surface area contributed by atoms with E-state index in [1.54, 1.807) is 7.11 Å². The van der Waals surface area contributed by atoms with E-state index >= 15 is 0 Å². The van der Waals surface area contributed by atoms with E-state index in [9.17, 15) is 4.79 Å². The summed E-state index contributed by atoms with van der Waals surface area (Å²) in [5.74, 6) is -0.332. The van der Waals surface area contributed by atoms with Crippen LogP contribution in [-0.4, -0.2) is 38.0 Å². The molecule has 0 aromatic heterocycles. The minimum atomic E-state index is -0.168. The molecule has 1 saturated heterocycles. The van der Waals surface area contributed by atoms with E-state index in [1.165, 1.54) is 18.3 Å². The second-order valence-corrected chi connectivity index (χ2v) is 7.53. The second kappa shape index (κ2) is 8.30. The van der Waals surface area contributed by atoms with Crippen LogP contribution in [0.4, 0.5) is 0 Å². The Kier molecular flexibility index (Phi) is 6.64. The third-order valence-corrected chi connectivity index (χ3v) is 5.27. The van der Waals surface area contributed by atoms with Gasteiger partial charge in [-0.15, -0.1) is 0 Å². The van der Waals surface area contributed by atoms with Crippen LogP contribution in [0.5, 0.6) is 0 Å². The van der Waals surface area contributed by atoms with Crippen molar-refractivity contribution in [2.75, 3.05) is 14.2 Å². The molecule has 1 unspecified atom stereocenters. The SMILES string of the molecule is COC(=O)[C@H]1CCC(CC/C=C(\C)CCC2OC2(C)C)=C[C@H]1OC. The van der Waals surface area contributed by atoms with Gasteiger partial charge in [0.15, 0.2) is 0 Å². The summed E-state index contributed by atoms with van der Waals surface area (Å²) in [5, 5.41) is 0. The molecule has 0 radical (unpaired) electrons. The maximum absolute atomic E-state index is 11.8. The fraction of sp³-hybridized carbons (Fsp3) is 0.750. The Labute approximate surface area is 146 Å². The van der Waals surface area contributed by atoms with Gasteiger partial charge in [-0.05, 0) is 59.3 Å². The van der Waals surface area contributed by atoms with Crippen LogP contribution >= 0.6 is 0 Å². The van der Waals surface area contributed by atoms with Crippen LogP contribution in [0.25, 0.3) is 0 Å². The Bertz CT molecular complexity index is 504. The highest BCUT2D eigenvalue weighted by Crippen LogP contribution is 2.39. The van der Waals surface area contributed by atoms with Crippen molar-refractivity contribution in [3.8, 4) is 0 Å². The molecule has 0 amide bonds. The minimum Gasteiger partial charge on any atom is -0.469 e. The Hall–Kier alpha value is -1.13. The molecule has 0 N–H and O–H groups in total. The summed E-state index contributed by atoms with van der Waals surface area (Å²) in [4.78, 5) is 11.8. The molecule has 0 saturated carbocycles. The van der Waals surface area contributed by atoms with Crippen molar-refractivity contribution in [2.45, 2.75) is 77.1 Å². The maximum Gasteiger partial charge on any atom is 0.311 e. The van der Waals surface area contributed by atoms with Gasteiger partial charge in [-0.1, -0.05) is 23.3 Å². The van der Waals surface area contributed by atoms with Crippen LogP contribution in [0.2, 0.25) is 0 Å². The van der Waals surface area contributed by atoms with Crippen LogP contribution in [0.1, 0.15) is 59.3 Å². The largest absolute Gasteiger partial charge is 0.469 e. The number of hydrogen-bond acceptors (Lipinski definition) is 4. The lowest BCUT2D eigenvalue weighted by molar-refractivity contribution is -0.149. The molecule has 0 aromatic carbocycles. The summed E-state index contributed by atoms with van der Waals surface area (Å²) in [7, 11) is 3.10. The number of allylic oxidation sites excluding steroid dienone is 3. The molecule has 1 heterocycles. The molecule has 0 bridgehead atoms. The number of esters is 1. The van der Waals surface area contributed by atoms with Crippen LogP contribution in [0.15, 0.2) is 23.3 Å². The maximum atomic E-state index is 11.8. The zero-order valence-electron chi connectivity index (χ0n) is 15.8. The molecule has 1 aliphatic carbocycles. The number of carbonyl (C=O) groups excluding carboxylic acids is 1. The van der Waals surface area contributed by atoms with Gasteiger partial charge < -0.3 is 14.2 Å². The lowest BCUT2D eigenvalue weighted by Crippen LogP contribution is -2.32. The molecular formula is C20H32O4. The van der Waals surface area contributed by atoms with Gasteiger partial charge in [0.25, 0.3) is 0 Å². The Morgan fingerprint density at radius 3 is 2.71 bits per heavy atom. The summed E-state index contributed by atoms with van der Waals surface area (Å²) < 4.78 is 16.0. The summed E-state index contributed by atoms with van der Waals surface area (Å²) in [5.41, 5.74) is 2.92. The number of hydrogen-bond donors (Lipinski definition) is 0. The number of epoxide rings is 1. The van der Waals surface area contributed by atoms with Crippen LogP contribution < -0.4 is 0 Å². The third kappa shape index (κ3) is 5.18. The first-order valence-electron chi connectivity index (χ1n) is 9.01. The molecule has 4 heteroatoms. The van der Waals surface area contributed by atoms with Gasteiger partial charge in [0.1, 0.15) is 0 Å². The van der Waals surface area contributed by atoms with E-state index in [4.69, 9.17) is 14.2 Å². The van der Waals surface area contributed by atoms with Crippen molar-refractivity contribution in [1.29, 1.82) is 0 Å². The monoisotopic (exact) mass is 336 g/mol. The highest BCUT2D eigenvalue weighted by atomic mass is 16.6. The first kappa shape index (κ1) is 19.2. The normalized spacial score (nSPS) is 29.1. The van der Waals surface area contributed by atoms with Crippen molar-refractivity contribution in [2.24, 2.45) is 5.92 Å².